The van der Waals surface area contributed by atoms with Gasteiger partial charge in [0.15, 0.2) is 0 Å². The topological polar surface area (TPSA) is 48.0 Å². The summed E-state index contributed by atoms with van der Waals surface area (Å²) in [5.41, 5.74) is 13.7. The van der Waals surface area contributed by atoms with Crippen molar-refractivity contribution in [2.75, 3.05) is 0 Å². The summed E-state index contributed by atoms with van der Waals surface area (Å²) in [5.74, 6) is -0.381. The van der Waals surface area contributed by atoms with Crippen molar-refractivity contribution < 1.29 is 4.79 Å². The van der Waals surface area contributed by atoms with E-state index in [-0.39, 0.29) is 5.91 Å². The Morgan fingerprint density at radius 1 is 1.00 bits per heavy atom. The maximum Gasteiger partial charge on any atom is 0.249 e. The van der Waals surface area contributed by atoms with E-state index in [1.807, 2.05) is 12.1 Å². The number of hydrogen-bond acceptors (Lipinski definition) is 1. The molecule has 0 aliphatic heterocycles. The molecule has 4 rings (SSSR count). The average molecular weight is 370 g/mol. The lowest BCUT2D eigenvalue weighted by atomic mass is 10.0. The van der Waals surface area contributed by atoms with E-state index in [2.05, 4.69) is 67.8 Å². The molecule has 0 spiro atoms. The molecule has 3 nitrogen and oxygen atoms in total. The number of primary amides is 1. The molecule has 3 heteroatoms. The van der Waals surface area contributed by atoms with E-state index < -0.39 is 0 Å². The zero-order valence-corrected chi connectivity index (χ0v) is 16.8. The second-order valence-electron chi connectivity index (χ2n) is 7.61. The largest absolute Gasteiger partial charge is 0.366 e. The van der Waals surface area contributed by atoms with E-state index in [0.717, 1.165) is 41.2 Å². The molecule has 0 unspecified atom stereocenters. The molecule has 1 aromatic heterocycles. The van der Waals surface area contributed by atoms with Gasteiger partial charge in [0.25, 0.3) is 0 Å². The van der Waals surface area contributed by atoms with Crippen LogP contribution >= 0.6 is 0 Å². The Morgan fingerprint density at radius 3 is 2.54 bits per heavy atom. The van der Waals surface area contributed by atoms with Crippen LogP contribution in [0.15, 0.2) is 54.6 Å². The Morgan fingerprint density at radius 2 is 1.79 bits per heavy atom. The van der Waals surface area contributed by atoms with Gasteiger partial charge in [0, 0.05) is 28.4 Å². The molecule has 28 heavy (non-hydrogen) atoms. The number of fused-ring (bicyclic) bond motifs is 3. The number of aromatic nitrogens is 1. The number of benzene rings is 3. The minimum absolute atomic E-state index is 0.381. The number of nitrogens with two attached hydrogens (primary N) is 1. The highest BCUT2D eigenvalue weighted by Gasteiger charge is 2.17. The van der Waals surface area contributed by atoms with Crippen LogP contribution in [-0.2, 0) is 13.0 Å². The van der Waals surface area contributed by atoms with Crippen LogP contribution in [0.25, 0.3) is 21.8 Å². The highest BCUT2D eigenvalue weighted by Crippen LogP contribution is 2.33. The molecule has 0 fully saturated rings. The van der Waals surface area contributed by atoms with Crippen LogP contribution in [0.4, 0.5) is 0 Å². The maximum absolute atomic E-state index is 12.1. The predicted molar refractivity (Wildman–Crippen MR) is 117 cm³/mol. The predicted octanol–water partition coefficient (Wildman–Crippen LogP) is 5.51. The molecule has 142 valence electrons. The van der Waals surface area contributed by atoms with Gasteiger partial charge < -0.3 is 10.3 Å². The van der Waals surface area contributed by atoms with Gasteiger partial charge in [-0.2, -0.15) is 0 Å². The van der Waals surface area contributed by atoms with Gasteiger partial charge >= 0.3 is 0 Å². The first-order chi connectivity index (χ1) is 13.5. The Kier molecular flexibility index (Phi) is 4.68. The fourth-order valence-corrected chi connectivity index (χ4v) is 4.16. The van der Waals surface area contributed by atoms with E-state index in [0.29, 0.717) is 5.56 Å². The Bertz CT molecular complexity index is 1200. The van der Waals surface area contributed by atoms with Crippen molar-refractivity contribution in [3.63, 3.8) is 0 Å². The van der Waals surface area contributed by atoms with Gasteiger partial charge in [0.2, 0.25) is 5.91 Å². The average Bonchev–Trinajstić information content (AvgIpc) is 2.99. The van der Waals surface area contributed by atoms with Crippen LogP contribution in [0.1, 0.15) is 46.0 Å². The highest BCUT2D eigenvalue weighted by atomic mass is 16.1. The van der Waals surface area contributed by atoms with E-state index in [4.69, 9.17) is 5.73 Å². The molecular weight excluding hydrogens is 344 g/mol. The van der Waals surface area contributed by atoms with Crippen molar-refractivity contribution in [1.29, 1.82) is 0 Å². The van der Waals surface area contributed by atoms with Crippen molar-refractivity contribution in [1.82, 2.24) is 4.57 Å². The monoisotopic (exact) mass is 370 g/mol. The molecule has 0 atom stereocenters. The third kappa shape index (κ3) is 2.97. The summed E-state index contributed by atoms with van der Waals surface area (Å²) in [6.45, 7) is 7.29. The van der Waals surface area contributed by atoms with Crippen molar-refractivity contribution in [3.8, 4) is 0 Å². The summed E-state index contributed by atoms with van der Waals surface area (Å²) in [6, 6.07) is 18.9. The zero-order valence-electron chi connectivity index (χ0n) is 16.8. The molecule has 1 amide bonds. The first kappa shape index (κ1) is 18.3. The molecule has 0 saturated heterocycles. The van der Waals surface area contributed by atoms with Gasteiger partial charge in [-0.15, -0.1) is 0 Å². The molecule has 0 saturated carbocycles. The van der Waals surface area contributed by atoms with Crippen molar-refractivity contribution in [3.05, 3.63) is 82.4 Å². The molecule has 4 aromatic rings. The van der Waals surface area contributed by atoms with E-state index in [1.54, 1.807) is 0 Å². The van der Waals surface area contributed by atoms with Crippen molar-refractivity contribution >= 4 is 27.7 Å². The lowest BCUT2D eigenvalue weighted by Gasteiger charge is -2.13. The van der Waals surface area contributed by atoms with Crippen LogP contribution in [0, 0.1) is 13.8 Å². The number of rotatable bonds is 5. The first-order valence-corrected chi connectivity index (χ1v) is 9.90. The van der Waals surface area contributed by atoms with E-state index in [1.165, 1.54) is 22.3 Å². The van der Waals surface area contributed by atoms with Gasteiger partial charge in [0.1, 0.15) is 0 Å². The zero-order chi connectivity index (χ0) is 19.8. The second kappa shape index (κ2) is 7.16. The SMILES string of the molecule is CCCc1ccc2c3c(C(N)=O)cccc3n(Cc3cccc(C)c3C)c2c1. The van der Waals surface area contributed by atoms with Crippen molar-refractivity contribution in [2.45, 2.75) is 40.2 Å². The highest BCUT2D eigenvalue weighted by molar-refractivity contribution is 6.18. The normalized spacial score (nSPS) is 11.4. The maximum atomic E-state index is 12.1. The van der Waals surface area contributed by atoms with Crippen LogP contribution < -0.4 is 5.73 Å². The van der Waals surface area contributed by atoms with Crippen LogP contribution in [0.2, 0.25) is 0 Å². The third-order valence-corrected chi connectivity index (χ3v) is 5.80. The van der Waals surface area contributed by atoms with Gasteiger partial charge in [-0.1, -0.05) is 49.7 Å². The Hall–Kier alpha value is -3.07. The molecule has 0 bridgehead atoms. The molecule has 0 aliphatic rings. The lowest BCUT2D eigenvalue weighted by molar-refractivity contribution is 0.100. The number of carbonyl (C=O) groups excluding carboxylic acids is 1. The number of aryl methyl sites for hydroxylation is 2. The smallest absolute Gasteiger partial charge is 0.249 e. The quantitative estimate of drug-likeness (QED) is 0.495. The molecule has 3 aromatic carbocycles. The summed E-state index contributed by atoms with van der Waals surface area (Å²) >= 11 is 0. The fraction of sp³-hybridized carbons (Fsp3) is 0.240. The minimum Gasteiger partial charge on any atom is -0.366 e. The Labute approximate surface area is 165 Å². The standard InChI is InChI=1S/C25H26N2O/c1-4-7-18-12-13-20-23(14-18)27(15-19-9-5-8-16(2)17(19)3)22-11-6-10-21(24(20)22)25(26)28/h5-6,8-14H,4,7,15H2,1-3H3,(H2,26,28). The van der Waals surface area contributed by atoms with Crippen LogP contribution in [0.5, 0.6) is 0 Å². The molecule has 0 aliphatic carbocycles. The first-order valence-electron chi connectivity index (χ1n) is 9.90. The fourth-order valence-electron chi connectivity index (χ4n) is 4.16. The number of amides is 1. The summed E-state index contributed by atoms with van der Waals surface area (Å²) in [4.78, 5) is 12.1. The summed E-state index contributed by atoms with van der Waals surface area (Å²) in [7, 11) is 0. The number of hydrogen-bond donors (Lipinski definition) is 1. The molecular formula is C25H26N2O. The molecule has 2 N–H and O–H groups in total. The van der Waals surface area contributed by atoms with Gasteiger partial charge in [-0.3, -0.25) is 4.79 Å². The van der Waals surface area contributed by atoms with E-state index in [9.17, 15) is 4.79 Å². The van der Waals surface area contributed by atoms with Crippen LogP contribution in [-0.4, -0.2) is 10.5 Å². The third-order valence-electron chi connectivity index (χ3n) is 5.80. The minimum atomic E-state index is -0.381. The van der Waals surface area contributed by atoms with Gasteiger partial charge in [-0.25, -0.2) is 0 Å². The lowest BCUT2D eigenvalue weighted by Crippen LogP contribution is -2.11. The molecule has 0 radical (unpaired) electrons. The summed E-state index contributed by atoms with van der Waals surface area (Å²) < 4.78 is 2.33. The van der Waals surface area contributed by atoms with Crippen LogP contribution in [0.3, 0.4) is 0 Å². The summed E-state index contributed by atoms with van der Waals surface area (Å²) in [5, 5.41) is 2.05. The summed E-state index contributed by atoms with van der Waals surface area (Å²) in [6.07, 6.45) is 2.15. The second-order valence-corrected chi connectivity index (χ2v) is 7.61. The van der Waals surface area contributed by atoms with Crippen molar-refractivity contribution in [2.24, 2.45) is 5.73 Å². The Balaban J connectivity index is 2.04. The van der Waals surface area contributed by atoms with Gasteiger partial charge in [-0.05, 0) is 60.7 Å². The number of carbonyl (C=O) groups is 1. The molecule has 1 heterocycles. The number of nitrogens with zero attached hydrogens (tertiary/aromatic N) is 1. The van der Waals surface area contributed by atoms with E-state index >= 15 is 0 Å². The van der Waals surface area contributed by atoms with Gasteiger partial charge in [0.05, 0.1) is 5.52 Å².